The molecule has 0 bridgehead atoms. The highest BCUT2D eigenvalue weighted by Crippen LogP contribution is 2.29. The van der Waals surface area contributed by atoms with Crippen molar-refractivity contribution >= 4 is 0 Å². The molecule has 0 fully saturated rings. The van der Waals surface area contributed by atoms with E-state index in [1.165, 1.54) is 18.2 Å². The number of nitrogens with one attached hydrogen (secondary N) is 1. The molecule has 164 valence electrons. The van der Waals surface area contributed by atoms with Crippen LogP contribution in [0.3, 0.4) is 0 Å². The minimum absolute atomic E-state index is 0.0433. The molecule has 0 spiro atoms. The molecule has 0 heterocycles. The van der Waals surface area contributed by atoms with Gasteiger partial charge < -0.3 is 0 Å². The summed E-state index contributed by atoms with van der Waals surface area (Å²) in [6.07, 6.45) is 4.26. The first kappa shape index (κ1) is 24.2. The molecular weight excluding hydrogens is 382 g/mol. The number of hydroxylamine groups is 3. The number of likely N-dealkylation sites (N-methyl/N-ethyl adjacent to an activating group) is 1. The van der Waals surface area contributed by atoms with E-state index in [1.54, 1.807) is 29.3 Å². The van der Waals surface area contributed by atoms with Gasteiger partial charge in [0.25, 0.3) is 0 Å². The molecule has 0 amide bonds. The molecule has 0 aromatic heterocycles. The van der Waals surface area contributed by atoms with E-state index in [-0.39, 0.29) is 17.6 Å². The summed E-state index contributed by atoms with van der Waals surface area (Å²) in [5.74, 6) is -0.566. The molecule has 5 heteroatoms. The van der Waals surface area contributed by atoms with Gasteiger partial charge in [0, 0.05) is 19.5 Å². The van der Waals surface area contributed by atoms with Crippen molar-refractivity contribution in [2.24, 2.45) is 0 Å². The van der Waals surface area contributed by atoms with Crippen LogP contribution < -0.4 is 5.48 Å². The first-order chi connectivity index (χ1) is 14.2. The summed E-state index contributed by atoms with van der Waals surface area (Å²) in [4.78, 5) is 5.80. The topological polar surface area (TPSA) is 24.5 Å². The molecular formula is C25H34F2N2O. The molecule has 30 heavy (non-hydrogen) atoms. The van der Waals surface area contributed by atoms with Gasteiger partial charge in [-0.15, -0.1) is 0 Å². The lowest BCUT2D eigenvalue weighted by molar-refractivity contribution is -0.218. The highest BCUT2D eigenvalue weighted by atomic mass is 19.1. The predicted molar refractivity (Wildman–Crippen MR) is 119 cm³/mol. The number of unbranched alkanes of at least 4 members (excludes halogenated alkanes) is 2. The van der Waals surface area contributed by atoms with Crippen LogP contribution in [-0.2, 0) is 10.5 Å². The molecule has 0 radical (unpaired) electrons. The fourth-order valence-electron chi connectivity index (χ4n) is 3.38. The van der Waals surface area contributed by atoms with E-state index in [4.69, 9.17) is 4.94 Å². The van der Waals surface area contributed by atoms with E-state index in [2.05, 4.69) is 19.0 Å². The summed E-state index contributed by atoms with van der Waals surface area (Å²) >= 11 is 0. The Morgan fingerprint density at radius 2 is 1.80 bits per heavy atom. The highest BCUT2D eigenvalue weighted by Gasteiger charge is 2.23. The third-order valence-electron chi connectivity index (χ3n) is 5.31. The van der Waals surface area contributed by atoms with Gasteiger partial charge in [-0.2, -0.15) is 10.5 Å². The minimum Gasteiger partial charge on any atom is -0.211 e. The number of benzene rings is 2. The normalized spacial score (nSPS) is 12.9. The number of hydrogen-bond acceptors (Lipinski definition) is 3. The zero-order chi connectivity index (χ0) is 22.1. The Balaban J connectivity index is 2.04. The number of nitrogens with zero attached hydrogens (tertiary/aromatic N) is 1. The Labute approximate surface area is 179 Å². The quantitative estimate of drug-likeness (QED) is 0.243. The second kappa shape index (κ2) is 11.3. The molecule has 2 aromatic carbocycles. The molecule has 0 aliphatic rings. The van der Waals surface area contributed by atoms with Crippen molar-refractivity contribution in [3.63, 3.8) is 0 Å². The van der Waals surface area contributed by atoms with E-state index in [1.807, 2.05) is 27.0 Å². The van der Waals surface area contributed by atoms with Crippen LogP contribution in [0, 0.1) is 11.6 Å². The average Bonchev–Trinajstić information content (AvgIpc) is 2.71. The highest BCUT2D eigenvalue weighted by molar-refractivity contribution is 5.29. The fourth-order valence-corrected chi connectivity index (χ4v) is 3.38. The molecule has 0 aliphatic heterocycles. The Morgan fingerprint density at radius 3 is 2.43 bits per heavy atom. The molecule has 1 unspecified atom stereocenters. The van der Waals surface area contributed by atoms with E-state index < -0.39 is 5.54 Å². The maximum Gasteiger partial charge on any atom is 0.123 e. The van der Waals surface area contributed by atoms with Crippen LogP contribution in [0.2, 0.25) is 0 Å². The van der Waals surface area contributed by atoms with E-state index in [0.717, 1.165) is 42.4 Å². The Kier molecular flexibility index (Phi) is 9.15. The lowest BCUT2D eigenvalue weighted by Crippen LogP contribution is -2.42. The summed E-state index contributed by atoms with van der Waals surface area (Å²) in [6.45, 7) is 10.9. The molecule has 2 rings (SSSR count). The maximum atomic E-state index is 13.8. The lowest BCUT2D eigenvalue weighted by Gasteiger charge is -2.31. The average molecular weight is 417 g/mol. The van der Waals surface area contributed by atoms with Crippen molar-refractivity contribution in [3.05, 3.63) is 83.4 Å². The fraction of sp³-hybridized carbons (Fsp3) is 0.440. The van der Waals surface area contributed by atoms with Crippen molar-refractivity contribution in [2.75, 3.05) is 13.6 Å². The largest absolute Gasteiger partial charge is 0.211 e. The van der Waals surface area contributed by atoms with Gasteiger partial charge in [0.1, 0.15) is 11.6 Å². The van der Waals surface area contributed by atoms with Gasteiger partial charge in [-0.05, 0) is 62.1 Å². The van der Waals surface area contributed by atoms with E-state index in [9.17, 15) is 8.78 Å². The number of rotatable bonds is 12. The van der Waals surface area contributed by atoms with Crippen molar-refractivity contribution in [1.82, 2.24) is 10.5 Å². The smallest absolute Gasteiger partial charge is 0.123 e. The molecule has 0 saturated heterocycles. The third kappa shape index (κ3) is 7.31. The summed E-state index contributed by atoms with van der Waals surface area (Å²) in [5, 5.41) is 1.70. The van der Waals surface area contributed by atoms with Crippen LogP contribution in [0.5, 0.6) is 0 Å². The van der Waals surface area contributed by atoms with Gasteiger partial charge >= 0.3 is 0 Å². The van der Waals surface area contributed by atoms with Gasteiger partial charge in [0.15, 0.2) is 0 Å². The van der Waals surface area contributed by atoms with E-state index in [0.29, 0.717) is 6.54 Å². The molecule has 0 saturated carbocycles. The number of hydrogen-bond donors (Lipinski definition) is 1. The SMILES string of the molecule is C=C(CCCCC)C(CN(C)ONC(C)(C)c1ccc(F)cc1)c1cccc(F)c1. The summed E-state index contributed by atoms with van der Waals surface area (Å²) in [6, 6.07) is 13.0. The first-order valence-corrected chi connectivity index (χ1v) is 10.6. The molecule has 3 nitrogen and oxygen atoms in total. The zero-order valence-electron chi connectivity index (χ0n) is 18.6. The Bertz CT molecular complexity index is 805. The Hall–Kier alpha value is -2.08. The van der Waals surface area contributed by atoms with Crippen LogP contribution >= 0.6 is 0 Å². The van der Waals surface area contributed by atoms with Crippen LogP contribution in [0.15, 0.2) is 60.7 Å². The Morgan fingerprint density at radius 1 is 1.10 bits per heavy atom. The maximum absolute atomic E-state index is 13.8. The van der Waals surface area contributed by atoms with Crippen LogP contribution in [0.1, 0.15) is 63.5 Å². The molecule has 1 N–H and O–H groups in total. The monoisotopic (exact) mass is 416 g/mol. The van der Waals surface area contributed by atoms with Gasteiger partial charge in [-0.25, -0.2) is 13.7 Å². The lowest BCUT2D eigenvalue weighted by atomic mass is 9.88. The van der Waals surface area contributed by atoms with Gasteiger partial charge in [0.05, 0.1) is 5.54 Å². The van der Waals surface area contributed by atoms with E-state index >= 15 is 0 Å². The van der Waals surface area contributed by atoms with Crippen molar-refractivity contribution in [2.45, 2.75) is 57.9 Å². The summed E-state index contributed by atoms with van der Waals surface area (Å²) < 4.78 is 27.1. The van der Waals surface area contributed by atoms with Gasteiger partial charge in [-0.3, -0.25) is 0 Å². The second-order valence-electron chi connectivity index (χ2n) is 8.36. The van der Waals surface area contributed by atoms with Crippen molar-refractivity contribution in [1.29, 1.82) is 0 Å². The third-order valence-corrected chi connectivity index (χ3v) is 5.31. The molecule has 0 aliphatic carbocycles. The zero-order valence-corrected chi connectivity index (χ0v) is 18.6. The molecule has 1 atom stereocenters. The summed E-state index contributed by atoms with van der Waals surface area (Å²) in [5.41, 5.74) is 5.40. The minimum atomic E-state index is -0.519. The second-order valence-corrected chi connectivity index (χ2v) is 8.36. The van der Waals surface area contributed by atoms with Gasteiger partial charge in [0.2, 0.25) is 0 Å². The van der Waals surface area contributed by atoms with Crippen LogP contribution in [0.4, 0.5) is 8.78 Å². The van der Waals surface area contributed by atoms with Gasteiger partial charge in [-0.1, -0.05) is 56.2 Å². The van der Waals surface area contributed by atoms with Crippen molar-refractivity contribution in [3.8, 4) is 0 Å². The van der Waals surface area contributed by atoms with Crippen LogP contribution in [-0.4, -0.2) is 18.7 Å². The number of halogens is 2. The van der Waals surface area contributed by atoms with Crippen molar-refractivity contribution < 1.29 is 13.7 Å². The first-order valence-electron chi connectivity index (χ1n) is 10.6. The predicted octanol–water partition coefficient (Wildman–Crippen LogP) is 6.49. The molecule has 2 aromatic rings. The van der Waals surface area contributed by atoms with Crippen LogP contribution in [0.25, 0.3) is 0 Å². The summed E-state index contributed by atoms with van der Waals surface area (Å²) in [7, 11) is 1.83. The standard InChI is InChI=1S/C25H34F2N2O/c1-6-7-8-10-19(2)24(20-11-9-12-23(27)17-20)18-29(5)30-28-25(3,4)21-13-15-22(26)16-14-21/h9,11-17,24,28H,2,6-8,10,18H2,1,3-5H3.